The maximum Gasteiger partial charge on any atom is 0.415 e. The number of carbonyl (C=O) groups excluding carboxylic acids is 2. The molecule has 4 N–H and O–H groups in total. The van der Waals surface area contributed by atoms with Gasteiger partial charge in [0.25, 0.3) is 5.91 Å². The van der Waals surface area contributed by atoms with Crippen LogP contribution in [0.5, 0.6) is 5.75 Å². The number of hydrogen-bond acceptors (Lipinski definition) is 8. The zero-order valence-corrected chi connectivity index (χ0v) is 24.7. The number of benzene rings is 2. The normalized spacial score (nSPS) is 18.5. The molecule has 2 aromatic carbocycles. The number of pyridine rings is 1. The molecule has 0 unspecified atom stereocenters. The van der Waals surface area contributed by atoms with E-state index < -0.39 is 6.09 Å². The van der Waals surface area contributed by atoms with Crippen LogP contribution in [-0.4, -0.2) is 80.0 Å². The molecule has 2 aliphatic rings. The molecular formula is C33H37N7O4. The number of aliphatic hydroxyl groups is 1. The lowest BCUT2D eigenvalue weighted by Crippen LogP contribution is -2.39. The van der Waals surface area contributed by atoms with E-state index in [1.54, 1.807) is 34.1 Å². The Bertz CT molecular complexity index is 1640. The minimum atomic E-state index is -0.460. The molecule has 4 aromatic rings. The van der Waals surface area contributed by atoms with Crippen LogP contribution in [0.15, 0.2) is 73.2 Å². The zero-order valence-electron chi connectivity index (χ0n) is 24.7. The predicted octanol–water partition coefficient (Wildman–Crippen LogP) is 3.69. The number of nitrogens with zero attached hydrogens (tertiary/aromatic N) is 5. The maximum absolute atomic E-state index is 13.1. The molecule has 0 saturated carbocycles. The Morgan fingerprint density at radius 2 is 1.86 bits per heavy atom. The van der Waals surface area contributed by atoms with Crippen molar-refractivity contribution in [2.24, 2.45) is 7.05 Å². The van der Waals surface area contributed by atoms with Crippen LogP contribution in [-0.2, 0) is 13.6 Å². The summed E-state index contributed by atoms with van der Waals surface area (Å²) in [5.41, 5.74) is 11.1. The highest BCUT2D eigenvalue weighted by molar-refractivity contribution is 5.99. The van der Waals surface area contributed by atoms with Gasteiger partial charge in [-0.25, -0.2) is 9.78 Å². The summed E-state index contributed by atoms with van der Waals surface area (Å²) < 4.78 is 7.40. The van der Waals surface area contributed by atoms with E-state index in [9.17, 15) is 14.7 Å². The first-order valence-corrected chi connectivity index (χ1v) is 14.9. The van der Waals surface area contributed by atoms with Gasteiger partial charge in [-0.1, -0.05) is 36.4 Å². The van der Waals surface area contributed by atoms with Crippen LogP contribution in [0, 0.1) is 0 Å². The number of ether oxygens (including phenoxy) is 1. The molecule has 0 bridgehead atoms. The van der Waals surface area contributed by atoms with Gasteiger partial charge in [0, 0.05) is 62.3 Å². The quantitative estimate of drug-likeness (QED) is 0.280. The fourth-order valence-corrected chi connectivity index (χ4v) is 5.94. The summed E-state index contributed by atoms with van der Waals surface area (Å²) >= 11 is 0. The molecule has 4 heterocycles. The summed E-state index contributed by atoms with van der Waals surface area (Å²) in [6.07, 6.45) is 7.45. The highest BCUT2D eigenvalue weighted by atomic mass is 16.6. The number of nitrogens with one attached hydrogen (secondary N) is 1. The van der Waals surface area contributed by atoms with E-state index in [-0.39, 0.29) is 36.0 Å². The van der Waals surface area contributed by atoms with Crippen LogP contribution in [0.25, 0.3) is 22.3 Å². The molecule has 2 fully saturated rings. The molecule has 0 radical (unpaired) electrons. The molecule has 11 heteroatoms. The number of nitrogens with two attached hydrogens (primary N) is 1. The van der Waals surface area contributed by atoms with Gasteiger partial charge in [0.15, 0.2) is 0 Å². The second kappa shape index (κ2) is 12.9. The van der Waals surface area contributed by atoms with Gasteiger partial charge in [-0.2, -0.15) is 5.10 Å². The summed E-state index contributed by atoms with van der Waals surface area (Å²) in [5.74, 6) is 0.257. The largest absolute Gasteiger partial charge is 0.415 e. The Morgan fingerprint density at radius 1 is 1.02 bits per heavy atom. The van der Waals surface area contributed by atoms with Crippen molar-refractivity contribution < 1.29 is 19.4 Å². The van der Waals surface area contributed by atoms with E-state index in [4.69, 9.17) is 10.5 Å². The molecule has 44 heavy (non-hydrogen) atoms. The fraction of sp³-hybridized carbons (Fsp3) is 0.333. The number of amides is 2. The van der Waals surface area contributed by atoms with Crippen LogP contribution < -0.4 is 15.8 Å². The maximum atomic E-state index is 13.1. The van der Waals surface area contributed by atoms with Crippen molar-refractivity contribution in [3.8, 4) is 28.0 Å². The lowest BCUT2D eigenvalue weighted by molar-refractivity contribution is 0.0937. The Kier molecular flexibility index (Phi) is 8.58. The van der Waals surface area contributed by atoms with Gasteiger partial charge in [-0.15, -0.1) is 0 Å². The molecule has 2 saturated heterocycles. The molecule has 2 atom stereocenters. The minimum absolute atomic E-state index is 0.140. The average Bonchev–Trinajstić information content (AvgIpc) is 3.79. The second-order valence-corrected chi connectivity index (χ2v) is 11.5. The van der Waals surface area contributed by atoms with Gasteiger partial charge in [0.2, 0.25) is 0 Å². The number of aliphatic hydroxyl groups excluding tert-OH is 1. The van der Waals surface area contributed by atoms with Crippen molar-refractivity contribution in [3.05, 3.63) is 84.3 Å². The molecule has 2 aliphatic heterocycles. The van der Waals surface area contributed by atoms with E-state index in [0.717, 1.165) is 48.2 Å². The van der Waals surface area contributed by atoms with Crippen molar-refractivity contribution in [2.75, 3.05) is 32.0 Å². The number of nitrogen functional groups attached to an aromatic ring is 1. The van der Waals surface area contributed by atoms with E-state index in [2.05, 4.69) is 44.6 Å². The summed E-state index contributed by atoms with van der Waals surface area (Å²) in [6, 6.07) is 17.5. The second-order valence-electron chi connectivity index (χ2n) is 11.5. The molecular weight excluding hydrogens is 558 g/mol. The van der Waals surface area contributed by atoms with Crippen molar-refractivity contribution in [1.29, 1.82) is 0 Å². The van der Waals surface area contributed by atoms with Crippen LogP contribution in [0.1, 0.15) is 35.2 Å². The van der Waals surface area contributed by atoms with E-state index >= 15 is 0 Å². The van der Waals surface area contributed by atoms with Crippen molar-refractivity contribution in [1.82, 2.24) is 29.9 Å². The van der Waals surface area contributed by atoms with Crippen LogP contribution in [0.4, 0.5) is 10.6 Å². The summed E-state index contributed by atoms with van der Waals surface area (Å²) in [5, 5.41) is 16.8. The van der Waals surface area contributed by atoms with Crippen LogP contribution in [0.3, 0.4) is 0 Å². The standard InChI is InChI=1S/C33H37N7O4/c1-38-19-26(17-36-38)25-15-30(31(34)35-16-25)32(42)37-27-11-13-40(20-27)33(43)44-29-6-2-4-24(14-29)23-9-7-22(8-10-23)18-39-12-3-5-28(39)21-41/h2,4,6-10,14-17,19,27-28,41H,3,5,11-13,18,20-21H2,1H3,(H2,34,35)(H,37,42)/t27-,28-/m1/s1. The third-order valence-electron chi connectivity index (χ3n) is 8.40. The smallest absolute Gasteiger partial charge is 0.410 e. The number of aryl methyl sites for hydroxylation is 1. The molecule has 2 amide bonds. The Labute approximate surface area is 256 Å². The van der Waals surface area contributed by atoms with E-state index in [0.29, 0.717) is 25.3 Å². The minimum Gasteiger partial charge on any atom is -0.410 e. The topological polar surface area (TPSA) is 139 Å². The van der Waals surface area contributed by atoms with Gasteiger partial charge >= 0.3 is 6.09 Å². The summed E-state index contributed by atoms with van der Waals surface area (Å²) in [7, 11) is 1.82. The van der Waals surface area contributed by atoms with Crippen molar-refractivity contribution >= 4 is 17.8 Å². The molecule has 6 rings (SSSR count). The summed E-state index contributed by atoms with van der Waals surface area (Å²) in [6.45, 7) is 2.82. The zero-order chi connectivity index (χ0) is 30.6. The van der Waals surface area contributed by atoms with Crippen LogP contribution in [0.2, 0.25) is 0 Å². The Balaban J connectivity index is 1.04. The molecule has 228 valence electrons. The number of aromatic nitrogens is 3. The third-order valence-corrected chi connectivity index (χ3v) is 8.40. The van der Waals surface area contributed by atoms with Gasteiger partial charge in [-0.3, -0.25) is 14.4 Å². The van der Waals surface area contributed by atoms with Crippen molar-refractivity contribution in [2.45, 2.75) is 37.9 Å². The SMILES string of the molecule is Cn1cc(-c2cnc(N)c(C(=O)N[C@@H]3CCN(C(=O)Oc4cccc(-c5ccc(CN6CCC[C@@H]6CO)cc5)c4)C3)c2)cn1. The fourth-order valence-electron chi connectivity index (χ4n) is 5.94. The number of anilines is 1. The van der Waals surface area contributed by atoms with E-state index in [1.807, 2.05) is 31.4 Å². The summed E-state index contributed by atoms with van der Waals surface area (Å²) in [4.78, 5) is 34.2. The molecule has 0 aliphatic carbocycles. The van der Waals surface area contributed by atoms with Crippen LogP contribution >= 0.6 is 0 Å². The van der Waals surface area contributed by atoms with Gasteiger partial charge in [-0.05, 0) is 60.7 Å². The lowest BCUT2D eigenvalue weighted by atomic mass is 10.0. The van der Waals surface area contributed by atoms with Gasteiger partial charge in [0.05, 0.1) is 18.4 Å². The first-order chi connectivity index (χ1) is 21.4. The molecule has 2 aromatic heterocycles. The Hall–Kier alpha value is -4.74. The monoisotopic (exact) mass is 595 g/mol. The highest BCUT2D eigenvalue weighted by Gasteiger charge is 2.30. The average molecular weight is 596 g/mol. The highest BCUT2D eigenvalue weighted by Crippen LogP contribution is 2.27. The van der Waals surface area contributed by atoms with Crippen molar-refractivity contribution in [3.63, 3.8) is 0 Å². The molecule has 0 spiro atoms. The van der Waals surface area contributed by atoms with E-state index in [1.165, 1.54) is 5.56 Å². The number of hydrogen-bond donors (Lipinski definition) is 3. The first-order valence-electron chi connectivity index (χ1n) is 14.9. The van der Waals surface area contributed by atoms with Gasteiger partial charge in [0.1, 0.15) is 11.6 Å². The molecule has 11 nitrogen and oxygen atoms in total. The third kappa shape index (κ3) is 6.58. The first kappa shape index (κ1) is 29.3. The predicted molar refractivity (Wildman–Crippen MR) is 167 cm³/mol. The number of carbonyl (C=O) groups is 2. The number of likely N-dealkylation sites (tertiary alicyclic amines) is 2. The lowest BCUT2D eigenvalue weighted by Gasteiger charge is -2.22. The van der Waals surface area contributed by atoms with Gasteiger partial charge < -0.3 is 25.8 Å². The number of rotatable bonds is 8. The Morgan fingerprint density at radius 3 is 2.64 bits per heavy atom.